The van der Waals surface area contributed by atoms with Gasteiger partial charge < -0.3 is 9.47 Å². The maximum atomic E-state index is 13.2. The highest BCUT2D eigenvalue weighted by molar-refractivity contribution is 9.10. The molecular weight excluding hydrogens is 476 g/mol. The number of sulfonamides is 1. The minimum atomic E-state index is -3.86. The van der Waals surface area contributed by atoms with Crippen LogP contribution >= 0.6 is 27.3 Å². The Labute approximate surface area is 183 Å². The summed E-state index contributed by atoms with van der Waals surface area (Å²) in [6, 6.07) is 4.65. The number of carbonyl (C=O) groups excluding carboxylic acids is 1. The zero-order valence-corrected chi connectivity index (χ0v) is 19.3. The Bertz CT molecular complexity index is 1000. The van der Waals surface area contributed by atoms with E-state index in [9.17, 15) is 18.5 Å². The zero-order valence-electron chi connectivity index (χ0n) is 16.0. The van der Waals surface area contributed by atoms with Gasteiger partial charge in [0.2, 0.25) is 15.9 Å². The van der Waals surface area contributed by atoms with Gasteiger partial charge in [-0.2, -0.15) is 9.98 Å². The van der Waals surface area contributed by atoms with Crippen LogP contribution in [0.1, 0.15) is 31.9 Å². The normalized spacial score (nSPS) is 16.5. The lowest BCUT2D eigenvalue weighted by Gasteiger charge is -2.33. The van der Waals surface area contributed by atoms with Crippen LogP contribution in [-0.2, 0) is 21.4 Å². The zero-order chi connectivity index (χ0) is 21.0. The molecule has 3 heterocycles. The number of nitrogens with one attached hydrogen (secondary N) is 1. The van der Waals surface area contributed by atoms with Gasteiger partial charge in [-0.05, 0) is 53.2 Å². The van der Waals surface area contributed by atoms with Gasteiger partial charge in [0.1, 0.15) is 22.7 Å². The summed E-state index contributed by atoms with van der Waals surface area (Å²) < 4.78 is 30.6. The van der Waals surface area contributed by atoms with E-state index in [4.69, 9.17) is 0 Å². The van der Waals surface area contributed by atoms with Crippen molar-refractivity contribution in [2.75, 3.05) is 13.1 Å². The second-order valence-corrected chi connectivity index (χ2v) is 10.5. The standard InChI is InChI=1S/C19H23BrN4O3S2/c1-14-4-8-24(9-5-14)19(25)17(6-10-23-7-2-3-15(23)11-21)22-29(26,27)18-13-28-12-16(18)20/h2-3,7,12-14,17,22H,4-6,8-10H2,1H3. The van der Waals surface area contributed by atoms with E-state index in [2.05, 4.69) is 33.6 Å². The molecule has 1 aliphatic heterocycles. The molecule has 1 unspecified atom stereocenters. The summed E-state index contributed by atoms with van der Waals surface area (Å²) in [5.74, 6) is 0.353. The summed E-state index contributed by atoms with van der Waals surface area (Å²) in [5.41, 5.74) is 0.478. The van der Waals surface area contributed by atoms with Crippen LogP contribution in [0, 0.1) is 17.2 Å². The van der Waals surface area contributed by atoms with Crippen LogP contribution in [0.15, 0.2) is 38.5 Å². The second-order valence-electron chi connectivity index (χ2n) is 7.25. The number of thiophene rings is 1. The fraction of sp³-hybridized carbons (Fsp3) is 0.474. The molecule has 1 amide bonds. The Hall–Kier alpha value is -1.67. The highest BCUT2D eigenvalue weighted by Crippen LogP contribution is 2.26. The number of rotatable bonds is 7. The maximum absolute atomic E-state index is 13.2. The molecule has 1 saturated heterocycles. The Kier molecular flexibility index (Phi) is 7.16. The van der Waals surface area contributed by atoms with Crippen molar-refractivity contribution < 1.29 is 13.2 Å². The van der Waals surface area contributed by atoms with Gasteiger partial charge >= 0.3 is 0 Å². The smallest absolute Gasteiger partial charge is 0.243 e. The lowest BCUT2D eigenvalue weighted by Crippen LogP contribution is -2.50. The minimum absolute atomic E-state index is 0.131. The molecule has 2 aromatic heterocycles. The number of piperidine rings is 1. The first-order valence-electron chi connectivity index (χ1n) is 9.40. The van der Waals surface area contributed by atoms with Gasteiger partial charge in [-0.25, -0.2) is 8.42 Å². The van der Waals surface area contributed by atoms with Gasteiger partial charge in [-0.3, -0.25) is 4.79 Å². The number of hydrogen-bond acceptors (Lipinski definition) is 5. The Morgan fingerprint density at radius 3 is 2.76 bits per heavy atom. The van der Waals surface area contributed by atoms with Crippen LogP contribution in [0.5, 0.6) is 0 Å². The summed E-state index contributed by atoms with van der Waals surface area (Å²) in [6.07, 6.45) is 3.84. The highest BCUT2D eigenvalue weighted by atomic mass is 79.9. The van der Waals surface area contributed by atoms with Gasteiger partial charge in [0.05, 0.1) is 0 Å². The average Bonchev–Trinajstić information content (AvgIpc) is 3.33. The van der Waals surface area contributed by atoms with E-state index in [1.165, 1.54) is 16.7 Å². The van der Waals surface area contributed by atoms with Crippen LogP contribution in [0.3, 0.4) is 0 Å². The molecule has 0 spiro atoms. The van der Waals surface area contributed by atoms with Crippen LogP contribution in [0.2, 0.25) is 0 Å². The van der Waals surface area contributed by atoms with Crippen LogP contribution in [-0.4, -0.2) is 42.9 Å². The third-order valence-electron chi connectivity index (χ3n) is 5.17. The number of hydrogen-bond donors (Lipinski definition) is 1. The van der Waals surface area contributed by atoms with Gasteiger partial charge in [0.15, 0.2) is 0 Å². The molecule has 0 saturated carbocycles. The average molecular weight is 499 g/mol. The number of aromatic nitrogens is 1. The summed E-state index contributed by atoms with van der Waals surface area (Å²) in [6.45, 7) is 3.79. The summed E-state index contributed by atoms with van der Waals surface area (Å²) >= 11 is 4.53. The second kappa shape index (κ2) is 9.43. The number of halogens is 1. The van der Waals surface area contributed by atoms with E-state index in [0.29, 0.717) is 35.7 Å². The first-order chi connectivity index (χ1) is 13.8. The molecule has 3 rings (SSSR count). The molecule has 156 valence electrons. The van der Waals surface area contributed by atoms with Crippen molar-refractivity contribution in [3.63, 3.8) is 0 Å². The summed E-state index contributed by atoms with van der Waals surface area (Å²) in [5, 5.41) is 12.4. The van der Waals surface area contributed by atoms with E-state index in [0.717, 1.165) is 12.8 Å². The molecule has 1 atom stereocenters. The van der Waals surface area contributed by atoms with Crippen molar-refractivity contribution in [3.05, 3.63) is 39.3 Å². The van der Waals surface area contributed by atoms with Crippen LogP contribution in [0.25, 0.3) is 0 Å². The number of nitriles is 1. The molecule has 0 aliphatic carbocycles. The molecule has 10 heteroatoms. The molecule has 0 radical (unpaired) electrons. The van der Waals surface area contributed by atoms with Crippen molar-refractivity contribution in [1.82, 2.24) is 14.2 Å². The predicted molar refractivity (Wildman–Crippen MR) is 115 cm³/mol. The third-order valence-corrected chi connectivity index (χ3v) is 8.79. The summed E-state index contributed by atoms with van der Waals surface area (Å²) in [4.78, 5) is 15.0. The Morgan fingerprint density at radius 1 is 1.41 bits per heavy atom. The topological polar surface area (TPSA) is 95.2 Å². The Balaban J connectivity index is 1.80. The van der Waals surface area contributed by atoms with Gasteiger partial charge in [0.25, 0.3) is 0 Å². The van der Waals surface area contributed by atoms with Crippen molar-refractivity contribution in [2.45, 2.75) is 43.7 Å². The lowest BCUT2D eigenvalue weighted by molar-refractivity contribution is -0.134. The predicted octanol–water partition coefficient (Wildman–Crippen LogP) is 3.18. The Morgan fingerprint density at radius 2 is 2.14 bits per heavy atom. The van der Waals surface area contributed by atoms with Crippen molar-refractivity contribution in [1.29, 1.82) is 5.26 Å². The molecule has 0 aromatic carbocycles. The lowest BCUT2D eigenvalue weighted by atomic mass is 9.98. The van der Waals surface area contributed by atoms with Gasteiger partial charge in [0, 0.05) is 41.1 Å². The number of aryl methyl sites for hydroxylation is 1. The fourth-order valence-corrected chi connectivity index (χ4v) is 6.95. The maximum Gasteiger partial charge on any atom is 0.243 e. The molecule has 0 bridgehead atoms. The monoisotopic (exact) mass is 498 g/mol. The molecule has 1 fully saturated rings. The largest absolute Gasteiger partial charge is 0.341 e. The fourth-order valence-electron chi connectivity index (χ4n) is 3.37. The van der Waals surface area contributed by atoms with E-state index >= 15 is 0 Å². The molecule has 1 aliphatic rings. The van der Waals surface area contributed by atoms with E-state index < -0.39 is 16.1 Å². The van der Waals surface area contributed by atoms with Crippen molar-refractivity contribution in [2.24, 2.45) is 5.92 Å². The van der Waals surface area contributed by atoms with Gasteiger partial charge in [-0.1, -0.05) is 6.92 Å². The molecule has 1 N–H and O–H groups in total. The number of carbonyl (C=O) groups is 1. The SMILES string of the molecule is CC1CCN(C(=O)C(CCn2cccc2C#N)NS(=O)(=O)c2cscc2Br)CC1. The first kappa shape index (κ1) is 22.0. The number of nitrogens with zero attached hydrogens (tertiary/aromatic N) is 3. The van der Waals surface area contributed by atoms with Crippen LogP contribution in [0.4, 0.5) is 0 Å². The van der Waals surface area contributed by atoms with E-state index in [1.54, 1.807) is 33.2 Å². The molecular formula is C19H23BrN4O3S2. The molecule has 29 heavy (non-hydrogen) atoms. The molecule has 2 aromatic rings. The number of amides is 1. The van der Waals surface area contributed by atoms with Crippen LogP contribution < -0.4 is 4.72 Å². The van der Waals surface area contributed by atoms with Gasteiger partial charge in [-0.15, -0.1) is 11.3 Å². The summed E-state index contributed by atoms with van der Waals surface area (Å²) in [7, 11) is -3.86. The third kappa shape index (κ3) is 5.28. The first-order valence-corrected chi connectivity index (χ1v) is 12.6. The van der Waals surface area contributed by atoms with Crippen molar-refractivity contribution in [3.8, 4) is 6.07 Å². The van der Waals surface area contributed by atoms with Crippen molar-refractivity contribution >= 4 is 43.2 Å². The van der Waals surface area contributed by atoms with E-state index in [-0.39, 0.29) is 17.2 Å². The minimum Gasteiger partial charge on any atom is -0.341 e. The number of likely N-dealkylation sites (tertiary alicyclic amines) is 1. The molecule has 7 nitrogen and oxygen atoms in total. The quantitative estimate of drug-likeness (QED) is 0.633. The highest BCUT2D eigenvalue weighted by Gasteiger charge is 2.31. The van der Waals surface area contributed by atoms with E-state index in [1.807, 2.05) is 0 Å².